The average molecular weight is 568 g/mol. The lowest BCUT2D eigenvalue weighted by Crippen LogP contribution is -2.02. The highest BCUT2D eigenvalue weighted by molar-refractivity contribution is 14.1. The zero-order chi connectivity index (χ0) is 22.4. The maximum absolute atomic E-state index is 13.6. The molecule has 3 nitrogen and oxygen atoms in total. The predicted molar refractivity (Wildman–Crippen MR) is 131 cm³/mol. The Bertz CT molecular complexity index is 1170. The van der Waals surface area contributed by atoms with Crippen LogP contribution in [0, 0.1) is 20.7 Å². The average Bonchev–Trinajstić information content (AvgIpc) is 2.74. The van der Waals surface area contributed by atoms with E-state index in [4.69, 9.17) is 32.7 Å². The summed E-state index contributed by atoms with van der Waals surface area (Å²) in [6.07, 6.45) is 1.70. The van der Waals surface area contributed by atoms with Gasteiger partial charge in [0.25, 0.3) is 0 Å². The lowest BCUT2D eigenvalue weighted by molar-refractivity contribution is 0.267. The molecule has 0 radical (unpaired) electrons. The number of benzene rings is 3. The molecular formula is C24H17Cl2FINO2. The number of allylic oxidation sites excluding steroid dienone is 1. The van der Waals surface area contributed by atoms with Crippen molar-refractivity contribution < 1.29 is 13.9 Å². The first-order valence-corrected chi connectivity index (χ1v) is 11.2. The van der Waals surface area contributed by atoms with E-state index in [1.54, 1.807) is 36.4 Å². The maximum Gasteiger partial charge on any atom is 0.175 e. The van der Waals surface area contributed by atoms with Gasteiger partial charge in [0.1, 0.15) is 12.4 Å². The van der Waals surface area contributed by atoms with Crippen LogP contribution in [-0.2, 0) is 6.61 Å². The van der Waals surface area contributed by atoms with Crippen LogP contribution < -0.4 is 9.47 Å². The molecule has 0 unspecified atom stereocenters. The lowest BCUT2D eigenvalue weighted by Gasteiger charge is -2.15. The molecular weight excluding hydrogens is 551 g/mol. The van der Waals surface area contributed by atoms with Crippen LogP contribution in [0.5, 0.6) is 11.5 Å². The molecule has 0 N–H and O–H groups in total. The zero-order valence-electron chi connectivity index (χ0n) is 16.5. The second-order valence-corrected chi connectivity index (χ2v) is 8.46. The summed E-state index contributed by atoms with van der Waals surface area (Å²) in [6, 6.07) is 17.1. The summed E-state index contributed by atoms with van der Waals surface area (Å²) >= 11 is 14.2. The summed E-state index contributed by atoms with van der Waals surface area (Å²) in [5.41, 5.74) is 2.47. The second-order valence-electron chi connectivity index (χ2n) is 6.48. The molecule has 0 aliphatic heterocycles. The highest BCUT2D eigenvalue weighted by Gasteiger charge is 2.13. The van der Waals surface area contributed by atoms with Crippen LogP contribution in [0.15, 0.2) is 54.6 Å². The van der Waals surface area contributed by atoms with Crippen molar-refractivity contribution in [3.8, 4) is 17.6 Å². The Labute approximate surface area is 204 Å². The number of halogens is 4. The SMILES string of the molecule is CCOc1cc(/C=C(/C#N)c2cccc(F)c2)cc(I)c1OCc1ccc(Cl)c(Cl)c1. The van der Waals surface area contributed by atoms with E-state index < -0.39 is 5.82 Å². The molecule has 3 rings (SSSR count). The van der Waals surface area contributed by atoms with Crippen LogP contribution in [0.25, 0.3) is 11.6 Å². The molecule has 3 aromatic rings. The smallest absolute Gasteiger partial charge is 0.175 e. The molecule has 0 bridgehead atoms. The van der Waals surface area contributed by atoms with Crippen LogP contribution in [-0.4, -0.2) is 6.61 Å². The number of ether oxygens (including phenoxy) is 2. The third kappa shape index (κ3) is 6.13. The van der Waals surface area contributed by atoms with Crippen molar-refractivity contribution in [1.29, 1.82) is 5.26 Å². The summed E-state index contributed by atoms with van der Waals surface area (Å²) in [4.78, 5) is 0. The van der Waals surface area contributed by atoms with Crippen molar-refractivity contribution in [2.45, 2.75) is 13.5 Å². The molecule has 158 valence electrons. The Morgan fingerprint density at radius 2 is 1.90 bits per heavy atom. The van der Waals surface area contributed by atoms with Gasteiger partial charge in [0.2, 0.25) is 0 Å². The fourth-order valence-corrected chi connectivity index (χ4v) is 3.96. The maximum atomic E-state index is 13.6. The summed E-state index contributed by atoms with van der Waals surface area (Å²) in [5.74, 6) is 0.751. The molecule has 0 heterocycles. The number of rotatable bonds is 7. The molecule has 0 saturated heterocycles. The third-order valence-electron chi connectivity index (χ3n) is 4.27. The molecule has 3 aromatic carbocycles. The first-order chi connectivity index (χ1) is 14.9. The number of hydrogen-bond donors (Lipinski definition) is 0. The lowest BCUT2D eigenvalue weighted by atomic mass is 10.0. The molecule has 0 aromatic heterocycles. The Morgan fingerprint density at radius 3 is 2.58 bits per heavy atom. The number of nitriles is 1. The Hall–Kier alpha value is -2.27. The molecule has 7 heteroatoms. The molecule has 0 fully saturated rings. The summed E-state index contributed by atoms with van der Waals surface area (Å²) in [5, 5.41) is 10.5. The molecule has 0 aliphatic carbocycles. The van der Waals surface area contributed by atoms with Gasteiger partial charge in [-0.1, -0.05) is 41.4 Å². The third-order valence-corrected chi connectivity index (χ3v) is 5.81. The van der Waals surface area contributed by atoms with Crippen LogP contribution in [0.4, 0.5) is 4.39 Å². The van der Waals surface area contributed by atoms with Gasteiger partial charge in [-0.05, 0) is 88.7 Å². The summed E-state index contributed by atoms with van der Waals surface area (Å²) in [7, 11) is 0. The van der Waals surface area contributed by atoms with Crippen molar-refractivity contribution in [2.24, 2.45) is 0 Å². The monoisotopic (exact) mass is 567 g/mol. The van der Waals surface area contributed by atoms with E-state index in [0.717, 1.165) is 14.7 Å². The normalized spacial score (nSPS) is 11.2. The van der Waals surface area contributed by atoms with Gasteiger partial charge in [-0.3, -0.25) is 0 Å². The summed E-state index contributed by atoms with van der Waals surface area (Å²) < 4.78 is 26.2. The van der Waals surface area contributed by atoms with E-state index >= 15 is 0 Å². The fourth-order valence-electron chi connectivity index (χ4n) is 2.86. The number of hydrogen-bond acceptors (Lipinski definition) is 3. The van der Waals surface area contributed by atoms with Crippen molar-refractivity contribution in [1.82, 2.24) is 0 Å². The van der Waals surface area contributed by atoms with Gasteiger partial charge in [-0.25, -0.2) is 4.39 Å². The minimum atomic E-state index is -0.394. The highest BCUT2D eigenvalue weighted by atomic mass is 127. The van der Waals surface area contributed by atoms with Crippen LogP contribution in [0.2, 0.25) is 10.0 Å². The summed E-state index contributed by atoms with van der Waals surface area (Å²) in [6.45, 7) is 2.61. The predicted octanol–water partition coefficient (Wildman–Crippen LogP) is 7.78. The minimum Gasteiger partial charge on any atom is -0.490 e. The minimum absolute atomic E-state index is 0.287. The van der Waals surface area contributed by atoms with Crippen molar-refractivity contribution in [3.05, 3.63) is 90.7 Å². The van der Waals surface area contributed by atoms with Crippen molar-refractivity contribution in [3.63, 3.8) is 0 Å². The van der Waals surface area contributed by atoms with Gasteiger partial charge >= 0.3 is 0 Å². The fraction of sp³-hybridized carbons (Fsp3) is 0.125. The Balaban J connectivity index is 1.92. The quantitative estimate of drug-likeness (QED) is 0.166. The Morgan fingerprint density at radius 1 is 1.10 bits per heavy atom. The number of nitrogens with zero attached hydrogens (tertiary/aromatic N) is 1. The van der Waals surface area contributed by atoms with Gasteiger partial charge < -0.3 is 9.47 Å². The van der Waals surface area contributed by atoms with Gasteiger partial charge in [-0.2, -0.15) is 5.26 Å². The van der Waals surface area contributed by atoms with E-state index in [9.17, 15) is 9.65 Å². The topological polar surface area (TPSA) is 42.2 Å². The second kappa shape index (κ2) is 10.9. The highest BCUT2D eigenvalue weighted by Crippen LogP contribution is 2.36. The molecule has 0 spiro atoms. The largest absolute Gasteiger partial charge is 0.490 e. The van der Waals surface area contributed by atoms with Gasteiger partial charge in [0.05, 0.1) is 31.9 Å². The van der Waals surface area contributed by atoms with E-state index in [0.29, 0.717) is 39.3 Å². The van der Waals surface area contributed by atoms with E-state index in [2.05, 4.69) is 28.7 Å². The first-order valence-electron chi connectivity index (χ1n) is 9.32. The standard InChI is InChI=1S/C24H17Cl2FINO2/c1-2-30-23-11-16(8-18(13-29)17-4-3-5-19(27)12-17)10-22(28)24(23)31-14-15-6-7-20(25)21(26)9-15/h3-12H,2,14H2,1H3/b18-8-. The van der Waals surface area contributed by atoms with Gasteiger partial charge in [-0.15, -0.1) is 0 Å². The Kier molecular flexibility index (Phi) is 8.19. The molecule has 31 heavy (non-hydrogen) atoms. The van der Waals surface area contributed by atoms with E-state index in [-0.39, 0.29) is 6.61 Å². The van der Waals surface area contributed by atoms with Crippen LogP contribution >= 0.6 is 45.8 Å². The molecule has 0 saturated carbocycles. The van der Waals surface area contributed by atoms with Gasteiger partial charge in [0, 0.05) is 0 Å². The molecule has 0 aliphatic rings. The molecule has 0 amide bonds. The van der Waals surface area contributed by atoms with Crippen molar-refractivity contribution in [2.75, 3.05) is 6.61 Å². The van der Waals surface area contributed by atoms with Crippen LogP contribution in [0.3, 0.4) is 0 Å². The van der Waals surface area contributed by atoms with Gasteiger partial charge in [0.15, 0.2) is 11.5 Å². The first kappa shape index (κ1) is 23.4. The molecule has 0 atom stereocenters. The van der Waals surface area contributed by atoms with Crippen LogP contribution in [0.1, 0.15) is 23.6 Å². The van der Waals surface area contributed by atoms with E-state index in [1.165, 1.54) is 12.1 Å². The zero-order valence-corrected chi connectivity index (χ0v) is 20.1. The van der Waals surface area contributed by atoms with E-state index in [1.807, 2.05) is 19.1 Å². The van der Waals surface area contributed by atoms with Crippen molar-refractivity contribution >= 4 is 57.4 Å².